The lowest BCUT2D eigenvalue weighted by molar-refractivity contribution is 0.0711. The third-order valence-electron chi connectivity index (χ3n) is 2.66. The molecule has 1 aromatic carbocycles. The summed E-state index contributed by atoms with van der Waals surface area (Å²) in [5.74, 6) is -0.685. The van der Waals surface area contributed by atoms with Gasteiger partial charge in [0.2, 0.25) is 5.91 Å². The molecule has 104 valence electrons. The van der Waals surface area contributed by atoms with Gasteiger partial charge < -0.3 is 14.6 Å². The van der Waals surface area contributed by atoms with E-state index in [-0.39, 0.29) is 28.8 Å². The molecule has 0 radical (unpaired) electrons. The molecular formula is C14H13NO5. The molecular weight excluding hydrogens is 262 g/mol. The first-order valence-electron chi connectivity index (χ1n) is 5.80. The molecule has 0 atom stereocenters. The van der Waals surface area contributed by atoms with Gasteiger partial charge in [0, 0.05) is 19.2 Å². The zero-order valence-electron chi connectivity index (χ0n) is 11.0. The number of aromatic hydroxyl groups is 1. The molecule has 20 heavy (non-hydrogen) atoms. The Labute approximate surface area is 115 Å². The Morgan fingerprint density at radius 3 is 2.60 bits per heavy atom. The molecule has 0 aliphatic rings. The van der Waals surface area contributed by atoms with Crippen molar-refractivity contribution in [3.63, 3.8) is 0 Å². The third-order valence-corrected chi connectivity index (χ3v) is 2.66. The first-order chi connectivity index (χ1) is 9.52. The number of nitrogens with zero attached hydrogens (tertiary/aromatic N) is 1. The molecule has 0 saturated carbocycles. The zero-order chi connectivity index (χ0) is 14.7. The molecule has 1 N–H and O–H groups in total. The van der Waals surface area contributed by atoms with Gasteiger partial charge in [-0.1, -0.05) is 0 Å². The summed E-state index contributed by atoms with van der Waals surface area (Å²) in [6.45, 7) is 1.34. The van der Waals surface area contributed by atoms with Crippen molar-refractivity contribution in [2.45, 2.75) is 6.92 Å². The number of benzene rings is 1. The fourth-order valence-electron chi connectivity index (χ4n) is 1.71. The van der Waals surface area contributed by atoms with E-state index in [1.165, 1.54) is 49.1 Å². The minimum atomic E-state index is -0.685. The second-order valence-corrected chi connectivity index (χ2v) is 4.01. The van der Waals surface area contributed by atoms with Crippen LogP contribution < -0.4 is 9.47 Å². The van der Waals surface area contributed by atoms with Crippen LogP contribution >= 0.6 is 0 Å². The van der Waals surface area contributed by atoms with E-state index in [2.05, 4.69) is 0 Å². The molecule has 0 aliphatic heterocycles. The minimum absolute atomic E-state index is 0.118. The van der Waals surface area contributed by atoms with E-state index in [1.54, 1.807) is 6.07 Å². The van der Waals surface area contributed by atoms with Crippen LogP contribution in [0.3, 0.4) is 0 Å². The van der Waals surface area contributed by atoms with Gasteiger partial charge in [-0.05, 0) is 24.3 Å². The van der Waals surface area contributed by atoms with E-state index in [1.807, 2.05) is 0 Å². The number of phenols is 1. The number of carbonyl (C=O) groups is 2. The van der Waals surface area contributed by atoms with Crippen LogP contribution in [0.4, 0.5) is 0 Å². The van der Waals surface area contributed by atoms with E-state index in [0.717, 1.165) is 0 Å². The molecule has 0 spiro atoms. The van der Waals surface area contributed by atoms with E-state index >= 15 is 0 Å². The second-order valence-electron chi connectivity index (χ2n) is 4.01. The molecule has 6 nitrogen and oxygen atoms in total. The van der Waals surface area contributed by atoms with Gasteiger partial charge in [0.1, 0.15) is 11.4 Å². The Morgan fingerprint density at radius 1 is 1.25 bits per heavy atom. The van der Waals surface area contributed by atoms with Gasteiger partial charge in [0.25, 0.3) is 0 Å². The Balaban J connectivity index is 2.21. The summed E-state index contributed by atoms with van der Waals surface area (Å²) >= 11 is 0. The van der Waals surface area contributed by atoms with Crippen molar-refractivity contribution < 1.29 is 24.2 Å². The third kappa shape index (κ3) is 2.64. The number of carbonyl (C=O) groups excluding carboxylic acids is 2. The van der Waals surface area contributed by atoms with Crippen molar-refractivity contribution in [2.75, 3.05) is 7.11 Å². The van der Waals surface area contributed by atoms with Crippen molar-refractivity contribution >= 4 is 11.9 Å². The van der Waals surface area contributed by atoms with Crippen LogP contribution in [-0.2, 0) is 0 Å². The average Bonchev–Trinajstić information content (AvgIpc) is 2.88. The monoisotopic (exact) mass is 275 g/mol. The smallest absolute Gasteiger partial charge is 0.360 e. The highest BCUT2D eigenvalue weighted by molar-refractivity contribution is 5.94. The molecule has 0 saturated heterocycles. The maximum absolute atomic E-state index is 12.0. The van der Waals surface area contributed by atoms with Crippen LogP contribution in [0.15, 0.2) is 36.5 Å². The maximum atomic E-state index is 12.0. The number of phenolic OH excluding ortho intramolecular Hbond substituents is 1. The molecule has 0 amide bonds. The normalized spacial score (nSPS) is 10.1. The van der Waals surface area contributed by atoms with Crippen molar-refractivity contribution in [1.82, 2.24) is 4.57 Å². The molecule has 6 heteroatoms. The summed E-state index contributed by atoms with van der Waals surface area (Å²) < 4.78 is 11.2. The molecule has 1 heterocycles. The topological polar surface area (TPSA) is 77.8 Å². The molecule has 2 rings (SSSR count). The Morgan fingerprint density at radius 2 is 2.00 bits per heavy atom. The summed E-state index contributed by atoms with van der Waals surface area (Å²) in [5.41, 5.74) is 0.118. The largest absolute Gasteiger partial charge is 0.504 e. The van der Waals surface area contributed by atoms with Gasteiger partial charge in [-0.2, -0.15) is 0 Å². The van der Waals surface area contributed by atoms with Crippen molar-refractivity contribution in [3.8, 4) is 17.2 Å². The van der Waals surface area contributed by atoms with E-state index in [0.29, 0.717) is 0 Å². The maximum Gasteiger partial charge on any atom is 0.360 e. The standard InChI is InChI=1S/C14H13NO5/c1-9(16)15-7-3-4-11(15)14(18)20-10-5-6-13(19-2)12(17)8-10/h3-8,17H,1-2H3. The minimum Gasteiger partial charge on any atom is -0.504 e. The quantitative estimate of drug-likeness (QED) is 0.685. The van der Waals surface area contributed by atoms with Gasteiger partial charge in [0.15, 0.2) is 11.5 Å². The highest BCUT2D eigenvalue weighted by Gasteiger charge is 2.16. The van der Waals surface area contributed by atoms with Crippen molar-refractivity contribution in [1.29, 1.82) is 0 Å². The predicted octanol–water partition coefficient (Wildman–Crippen LogP) is 2.08. The highest BCUT2D eigenvalue weighted by atomic mass is 16.5. The van der Waals surface area contributed by atoms with E-state index in [9.17, 15) is 14.7 Å². The van der Waals surface area contributed by atoms with Gasteiger partial charge in [-0.3, -0.25) is 9.36 Å². The van der Waals surface area contributed by atoms with E-state index in [4.69, 9.17) is 9.47 Å². The Hall–Kier alpha value is -2.76. The lowest BCUT2D eigenvalue weighted by Crippen LogP contribution is -2.17. The van der Waals surface area contributed by atoms with Gasteiger partial charge >= 0.3 is 5.97 Å². The summed E-state index contributed by atoms with van der Waals surface area (Å²) in [6.07, 6.45) is 1.48. The summed E-state index contributed by atoms with van der Waals surface area (Å²) in [7, 11) is 1.42. The molecule has 1 aromatic heterocycles. The lowest BCUT2D eigenvalue weighted by atomic mass is 10.3. The first kappa shape index (κ1) is 13.7. The van der Waals surface area contributed by atoms with E-state index < -0.39 is 5.97 Å². The first-order valence-corrected chi connectivity index (χ1v) is 5.80. The van der Waals surface area contributed by atoms with Crippen LogP contribution in [0.5, 0.6) is 17.2 Å². The van der Waals surface area contributed by atoms with Crippen LogP contribution in [0, 0.1) is 0 Å². The summed E-state index contributed by atoms with van der Waals surface area (Å²) in [4.78, 5) is 23.3. The summed E-state index contributed by atoms with van der Waals surface area (Å²) in [5, 5.41) is 9.60. The van der Waals surface area contributed by atoms with Gasteiger partial charge in [0.05, 0.1) is 7.11 Å². The van der Waals surface area contributed by atoms with Crippen LogP contribution in [0.25, 0.3) is 0 Å². The van der Waals surface area contributed by atoms with Crippen LogP contribution in [-0.4, -0.2) is 28.7 Å². The predicted molar refractivity (Wildman–Crippen MR) is 70.3 cm³/mol. The number of hydrogen-bond donors (Lipinski definition) is 1. The Kier molecular flexibility index (Phi) is 3.74. The number of ether oxygens (including phenoxy) is 2. The zero-order valence-corrected chi connectivity index (χ0v) is 11.0. The van der Waals surface area contributed by atoms with Crippen molar-refractivity contribution in [2.24, 2.45) is 0 Å². The number of methoxy groups -OCH3 is 1. The molecule has 0 bridgehead atoms. The number of rotatable bonds is 3. The van der Waals surface area contributed by atoms with Crippen LogP contribution in [0.1, 0.15) is 22.2 Å². The Bertz CT molecular complexity index is 659. The lowest BCUT2D eigenvalue weighted by Gasteiger charge is -2.08. The SMILES string of the molecule is COc1ccc(OC(=O)c2cccn2C(C)=O)cc1O. The van der Waals surface area contributed by atoms with Gasteiger partial charge in [-0.15, -0.1) is 0 Å². The number of hydrogen-bond acceptors (Lipinski definition) is 5. The van der Waals surface area contributed by atoms with Crippen molar-refractivity contribution in [3.05, 3.63) is 42.2 Å². The highest BCUT2D eigenvalue weighted by Crippen LogP contribution is 2.30. The summed E-state index contributed by atoms with van der Waals surface area (Å²) in [6, 6.07) is 7.27. The number of aromatic nitrogens is 1. The van der Waals surface area contributed by atoms with Crippen LogP contribution in [0.2, 0.25) is 0 Å². The molecule has 2 aromatic rings. The molecule has 0 unspecified atom stereocenters. The second kappa shape index (κ2) is 5.48. The fourth-order valence-corrected chi connectivity index (χ4v) is 1.71. The molecule has 0 aliphatic carbocycles. The number of esters is 1. The molecule has 0 fully saturated rings. The average molecular weight is 275 g/mol. The fraction of sp³-hybridized carbons (Fsp3) is 0.143. The van der Waals surface area contributed by atoms with Gasteiger partial charge in [-0.25, -0.2) is 4.79 Å².